The molecule has 0 bridgehead atoms. The zero-order chi connectivity index (χ0) is 15.9. The topological polar surface area (TPSA) is 20.2 Å². The fraction of sp³-hybridized carbons (Fsp3) is 0.333. The molecule has 0 saturated carbocycles. The van der Waals surface area contributed by atoms with E-state index in [1.165, 1.54) is 11.6 Å². The molecule has 0 aliphatic heterocycles. The fourth-order valence-corrected chi connectivity index (χ4v) is 3.15. The monoisotopic (exact) mass is 350 g/mol. The molecule has 1 N–H and O–H groups in total. The van der Waals surface area contributed by atoms with Gasteiger partial charge in [-0.25, -0.2) is 4.39 Å². The molecule has 0 amide bonds. The van der Waals surface area contributed by atoms with E-state index in [0.29, 0.717) is 10.0 Å². The minimum atomic E-state index is -0.948. The normalized spacial score (nSPS) is 12.6. The number of rotatable bonds is 2. The average molecular weight is 351 g/mol. The van der Waals surface area contributed by atoms with E-state index in [9.17, 15) is 9.50 Å². The Bertz CT molecular complexity index is 678. The van der Waals surface area contributed by atoms with Gasteiger partial charge in [0.2, 0.25) is 0 Å². The van der Waals surface area contributed by atoms with Crippen LogP contribution in [-0.4, -0.2) is 5.11 Å². The van der Waals surface area contributed by atoms with Gasteiger partial charge in [-0.3, -0.25) is 0 Å². The second-order valence-corrected chi connectivity index (χ2v) is 6.52. The van der Waals surface area contributed by atoms with Crippen molar-refractivity contribution in [3.05, 3.63) is 67.4 Å². The van der Waals surface area contributed by atoms with Gasteiger partial charge in [0.05, 0.1) is 0 Å². The zero-order valence-electron chi connectivity index (χ0n) is 13.0. The molecule has 112 valence electrons. The summed E-state index contributed by atoms with van der Waals surface area (Å²) >= 11 is 3.24. The second-order valence-electron chi connectivity index (χ2n) is 5.61. The van der Waals surface area contributed by atoms with E-state index in [0.717, 1.165) is 27.8 Å². The van der Waals surface area contributed by atoms with Gasteiger partial charge >= 0.3 is 0 Å². The molecule has 21 heavy (non-hydrogen) atoms. The Balaban J connectivity index is 2.66. The summed E-state index contributed by atoms with van der Waals surface area (Å²) in [6.45, 7) is 10.2. The lowest BCUT2D eigenvalue weighted by atomic mass is 9.85. The van der Waals surface area contributed by atoms with Crippen molar-refractivity contribution in [2.24, 2.45) is 0 Å². The minimum absolute atomic E-state index is 0.312. The lowest BCUT2D eigenvalue weighted by Gasteiger charge is -2.23. The zero-order valence-corrected chi connectivity index (χ0v) is 14.6. The second kappa shape index (κ2) is 5.90. The summed E-state index contributed by atoms with van der Waals surface area (Å²) < 4.78 is 14.8. The Morgan fingerprint density at radius 1 is 0.905 bits per heavy atom. The predicted octanol–water partition coefficient (Wildman–Crippen LogP) is 5.21. The highest BCUT2D eigenvalue weighted by atomic mass is 79.9. The number of aliphatic hydroxyl groups excluding tert-OH is 1. The lowest BCUT2D eigenvalue weighted by Crippen LogP contribution is -2.10. The van der Waals surface area contributed by atoms with Crippen LogP contribution < -0.4 is 0 Å². The number of aliphatic hydroxyl groups is 1. The van der Waals surface area contributed by atoms with Crippen LogP contribution in [0.4, 0.5) is 4.39 Å². The maximum atomic E-state index is 14.1. The molecule has 0 saturated heterocycles. The number of hydrogen-bond acceptors (Lipinski definition) is 1. The van der Waals surface area contributed by atoms with Gasteiger partial charge in [-0.2, -0.15) is 0 Å². The first-order valence-electron chi connectivity index (χ1n) is 6.95. The molecule has 2 rings (SSSR count). The van der Waals surface area contributed by atoms with Crippen LogP contribution in [0.15, 0.2) is 22.7 Å². The van der Waals surface area contributed by atoms with Gasteiger partial charge in [-0.05, 0) is 80.1 Å². The lowest BCUT2D eigenvalue weighted by molar-refractivity contribution is 0.213. The Labute approximate surface area is 134 Å². The highest BCUT2D eigenvalue weighted by Gasteiger charge is 2.22. The summed E-state index contributed by atoms with van der Waals surface area (Å²) in [5.74, 6) is -0.397. The largest absolute Gasteiger partial charge is 0.384 e. The van der Waals surface area contributed by atoms with Gasteiger partial charge in [0.1, 0.15) is 11.9 Å². The van der Waals surface area contributed by atoms with Crippen LogP contribution in [0.1, 0.15) is 45.0 Å². The summed E-state index contributed by atoms with van der Waals surface area (Å²) in [7, 11) is 0. The highest BCUT2D eigenvalue weighted by molar-refractivity contribution is 9.10. The Hall–Kier alpha value is -1.19. The molecule has 0 aromatic heterocycles. The SMILES string of the molecule is Cc1c(C)c(C)c(C(O)c2ccc(Br)cc2F)c(C)c1C. The smallest absolute Gasteiger partial charge is 0.130 e. The molecule has 1 nitrogen and oxygen atoms in total. The standard InChI is InChI=1S/C18H20BrFO/c1-9-10(2)12(4)17(13(5)11(9)3)18(21)15-7-6-14(19)8-16(15)20/h6-8,18,21H,1-5H3. The van der Waals surface area contributed by atoms with Gasteiger partial charge in [0.15, 0.2) is 0 Å². The maximum Gasteiger partial charge on any atom is 0.130 e. The molecular weight excluding hydrogens is 331 g/mol. The van der Waals surface area contributed by atoms with E-state index in [1.54, 1.807) is 12.1 Å². The Morgan fingerprint density at radius 2 is 1.38 bits per heavy atom. The predicted molar refractivity (Wildman–Crippen MR) is 88.3 cm³/mol. The van der Waals surface area contributed by atoms with Gasteiger partial charge in [-0.15, -0.1) is 0 Å². The first-order chi connectivity index (χ1) is 9.75. The fourth-order valence-electron chi connectivity index (χ4n) is 2.82. The number of hydrogen-bond donors (Lipinski definition) is 1. The van der Waals surface area contributed by atoms with E-state index in [4.69, 9.17) is 0 Å². The van der Waals surface area contributed by atoms with Crippen LogP contribution in [0.25, 0.3) is 0 Å². The van der Waals surface area contributed by atoms with E-state index >= 15 is 0 Å². The van der Waals surface area contributed by atoms with Crippen molar-refractivity contribution in [1.82, 2.24) is 0 Å². The van der Waals surface area contributed by atoms with E-state index < -0.39 is 11.9 Å². The molecule has 1 atom stereocenters. The van der Waals surface area contributed by atoms with Crippen molar-refractivity contribution in [2.45, 2.75) is 40.7 Å². The Kier molecular flexibility index (Phi) is 4.54. The van der Waals surface area contributed by atoms with Crippen molar-refractivity contribution in [3.63, 3.8) is 0 Å². The summed E-state index contributed by atoms with van der Waals surface area (Å²) in [6, 6.07) is 4.77. The van der Waals surface area contributed by atoms with Gasteiger partial charge < -0.3 is 5.11 Å². The summed E-state index contributed by atoms with van der Waals surface area (Å²) in [6.07, 6.45) is -0.948. The molecule has 0 spiro atoms. The molecule has 0 heterocycles. The van der Waals surface area contributed by atoms with Crippen molar-refractivity contribution in [2.75, 3.05) is 0 Å². The van der Waals surface area contributed by atoms with Crippen LogP contribution in [0.5, 0.6) is 0 Å². The minimum Gasteiger partial charge on any atom is -0.384 e. The van der Waals surface area contributed by atoms with Crippen molar-refractivity contribution in [1.29, 1.82) is 0 Å². The van der Waals surface area contributed by atoms with Gasteiger partial charge in [0, 0.05) is 10.0 Å². The summed E-state index contributed by atoms with van der Waals surface area (Å²) in [5, 5.41) is 10.7. The van der Waals surface area contributed by atoms with Gasteiger partial charge in [0.25, 0.3) is 0 Å². The van der Waals surface area contributed by atoms with Crippen molar-refractivity contribution in [3.8, 4) is 0 Å². The van der Waals surface area contributed by atoms with Gasteiger partial charge in [-0.1, -0.05) is 22.0 Å². The third-order valence-corrected chi connectivity index (χ3v) is 5.08. The van der Waals surface area contributed by atoms with E-state index in [2.05, 4.69) is 22.9 Å². The molecule has 1 unspecified atom stereocenters. The van der Waals surface area contributed by atoms with Crippen LogP contribution in [-0.2, 0) is 0 Å². The summed E-state index contributed by atoms with van der Waals surface area (Å²) in [4.78, 5) is 0. The molecule has 3 heteroatoms. The van der Waals surface area contributed by atoms with Crippen LogP contribution >= 0.6 is 15.9 Å². The average Bonchev–Trinajstić information content (AvgIpc) is 2.43. The van der Waals surface area contributed by atoms with Crippen LogP contribution in [0, 0.1) is 40.4 Å². The Morgan fingerprint density at radius 3 is 1.86 bits per heavy atom. The van der Waals surface area contributed by atoms with Crippen molar-refractivity contribution >= 4 is 15.9 Å². The van der Waals surface area contributed by atoms with Crippen molar-refractivity contribution < 1.29 is 9.50 Å². The highest BCUT2D eigenvalue weighted by Crippen LogP contribution is 2.35. The molecular formula is C18H20BrFO. The third-order valence-electron chi connectivity index (χ3n) is 4.59. The molecule has 0 aliphatic rings. The van der Waals surface area contributed by atoms with E-state index in [1.807, 2.05) is 27.7 Å². The van der Waals surface area contributed by atoms with Crippen LogP contribution in [0.2, 0.25) is 0 Å². The maximum absolute atomic E-state index is 14.1. The van der Waals surface area contributed by atoms with E-state index in [-0.39, 0.29) is 0 Å². The molecule has 2 aromatic rings. The third kappa shape index (κ3) is 2.77. The summed E-state index contributed by atoms with van der Waals surface area (Å²) in [5.41, 5.74) is 6.74. The molecule has 0 aliphatic carbocycles. The first kappa shape index (κ1) is 16.2. The van der Waals surface area contributed by atoms with Crippen LogP contribution in [0.3, 0.4) is 0 Å². The first-order valence-corrected chi connectivity index (χ1v) is 7.74. The quantitative estimate of drug-likeness (QED) is 0.787. The number of halogens is 2. The molecule has 0 fully saturated rings. The molecule has 2 aromatic carbocycles. The number of benzene rings is 2. The molecule has 0 radical (unpaired) electrons.